The molecule has 1 aromatic carbocycles. The fourth-order valence-electron chi connectivity index (χ4n) is 1.73. The minimum atomic E-state index is -1.35. The van der Waals surface area contributed by atoms with Crippen molar-refractivity contribution < 1.29 is 24.4 Å². The zero-order valence-electron chi connectivity index (χ0n) is 12.3. The fraction of sp³-hybridized carbons (Fsp3) is 0.429. The number of ether oxygens (including phenoxy) is 1. The number of hydrogen-bond donors (Lipinski definition) is 1. The van der Waals surface area contributed by atoms with Gasteiger partial charge in [-0.2, -0.15) is 0 Å². The summed E-state index contributed by atoms with van der Waals surface area (Å²) < 4.78 is 5.14. The van der Waals surface area contributed by atoms with Crippen LogP contribution in [0.5, 0.6) is 5.75 Å². The number of carboxylic acids is 1. The van der Waals surface area contributed by atoms with Crippen molar-refractivity contribution in [3.8, 4) is 5.75 Å². The molecule has 0 aromatic heterocycles. The molecule has 0 unspecified atom stereocenters. The Morgan fingerprint density at radius 1 is 1.27 bits per heavy atom. The van der Waals surface area contributed by atoms with Crippen molar-refractivity contribution in [2.24, 2.45) is 5.92 Å². The summed E-state index contributed by atoms with van der Waals surface area (Å²) in [6, 6.07) is 4.13. The molecule has 1 atom stereocenters. The Labute approximate surface area is 127 Å². The molecule has 0 saturated heterocycles. The van der Waals surface area contributed by atoms with E-state index in [1.165, 1.54) is 24.3 Å². The molecule has 0 radical (unpaired) electrons. The third-order valence-electron chi connectivity index (χ3n) is 2.74. The van der Waals surface area contributed by atoms with E-state index in [9.17, 15) is 24.8 Å². The van der Waals surface area contributed by atoms with Crippen molar-refractivity contribution in [3.05, 3.63) is 34.4 Å². The van der Waals surface area contributed by atoms with Crippen LogP contribution in [0.25, 0.3) is 0 Å². The first-order chi connectivity index (χ1) is 10.3. The molecule has 0 spiro atoms. The zero-order chi connectivity index (χ0) is 16.7. The smallest absolute Gasteiger partial charge is 0.269 e. The molecule has 0 aliphatic heterocycles. The summed E-state index contributed by atoms with van der Waals surface area (Å²) in [6.45, 7) is 3.27. The van der Waals surface area contributed by atoms with Gasteiger partial charge < -0.3 is 20.0 Å². The molecular formula is C14H17N2O6-. The molecule has 0 aliphatic rings. The number of nitro benzene ring substituents is 1. The first-order valence-electron chi connectivity index (χ1n) is 6.67. The first-order valence-corrected chi connectivity index (χ1v) is 6.67. The van der Waals surface area contributed by atoms with Crippen molar-refractivity contribution in [3.63, 3.8) is 0 Å². The van der Waals surface area contributed by atoms with Crippen molar-refractivity contribution in [2.75, 3.05) is 6.61 Å². The number of nitro groups is 1. The lowest BCUT2D eigenvalue weighted by Crippen LogP contribution is -2.49. The van der Waals surface area contributed by atoms with Gasteiger partial charge in [-0.1, -0.05) is 13.8 Å². The molecule has 0 heterocycles. The molecule has 22 heavy (non-hydrogen) atoms. The number of nitrogens with one attached hydrogen (secondary N) is 1. The minimum absolute atomic E-state index is 0.0822. The number of carbonyl (C=O) groups is 2. The third-order valence-corrected chi connectivity index (χ3v) is 2.74. The molecule has 1 N–H and O–H groups in total. The maximum Gasteiger partial charge on any atom is 0.269 e. The summed E-state index contributed by atoms with van der Waals surface area (Å²) in [7, 11) is 0. The highest BCUT2D eigenvalue weighted by molar-refractivity contribution is 5.83. The second-order valence-electron chi connectivity index (χ2n) is 5.11. The van der Waals surface area contributed by atoms with Gasteiger partial charge in [0.1, 0.15) is 5.75 Å². The number of non-ortho nitro benzene ring substituents is 1. The normalized spacial score (nSPS) is 11.8. The lowest BCUT2D eigenvalue weighted by Gasteiger charge is -2.21. The van der Waals surface area contributed by atoms with E-state index in [-0.39, 0.29) is 30.4 Å². The number of rotatable bonds is 8. The van der Waals surface area contributed by atoms with Gasteiger partial charge in [0.2, 0.25) is 0 Å². The molecule has 1 amide bonds. The van der Waals surface area contributed by atoms with Crippen molar-refractivity contribution in [1.82, 2.24) is 5.32 Å². The summed E-state index contributed by atoms with van der Waals surface area (Å²) >= 11 is 0. The van der Waals surface area contributed by atoms with E-state index in [2.05, 4.69) is 5.32 Å². The van der Waals surface area contributed by atoms with Crippen LogP contribution in [0.1, 0.15) is 20.3 Å². The largest absolute Gasteiger partial charge is 0.548 e. The Morgan fingerprint density at radius 3 is 2.32 bits per heavy atom. The molecule has 8 heteroatoms. The highest BCUT2D eigenvalue weighted by Crippen LogP contribution is 2.17. The Kier molecular flexibility index (Phi) is 6.30. The van der Waals surface area contributed by atoms with Gasteiger partial charge in [0.05, 0.1) is 16.9 Å². The number of hydrogen-bond acceptors (Lipinski definition) is 6. The number of nitrogens with zero attached hydrogens (tertiary/aromatic N) is 1. The van der Waals surface area contributed by atoms with Crippen molar-refractivity contribution in [2.45, 2.75) is 26.3 Å². The molecule has 0 fully saturated rings. The summed E-state index contributed by atoms with van der Waals surface area (Å²) in [5.74, 6) is -1.60. The first kappa shape index (κ1) is 17.4. The van der Waals surface area contributed by atoms with Crippen LogP contribution in [0.3, 0.4) is 0 Å². The van der Waals surface area contributed by atoms with Crippen LogP contribution in [-0.2, 0) is 9.59 Å². The predicted octanol–water partition coefficient (Wildman–Crippen LogP) is 0.254. The maximum atomic E-state index is 11.7. The maximum absolute atomic E-state index is 11.7. The molecule has 0 saturated carbocycles. The van der Waals surface area contributed by atoms with Gasteiger partial charge in [0.25, 0.3) is 11.6 Å². The molecular weight excluding hydrogens is 292 g/mol. The van der Waals surface area contributed by atoms with Crippen LogP contribution in [-0.4, -0.2) is 29.4 Å². The van der Waals surface area contributed by atoms with Gasteiger partial charge in [0, 0.05) is 12.1 Å². The Morgan fingerprint density at radius 2 is 1.86 bits per heavy atom. The number of amides is 1. The lowest BCUT2D eigenvalue weighted by molar-refractivity contribution is -0.384. The van der Waals surface area contributed by atoms with Crippen molar-refractivity contribution >= 4 is 17.6 Å². The van der Waals surface area contributed by atoms with E-state index in [0.29, 0.717) is 0 Å². The van der Waals surface area contributed by atoms with Crippen LogP contribution in [0.2, 0.25) is 0 Å². The molecule has 0 aliphatic carbocycles. The number of carboxylic acid groups (broad SMARTS) is 1. The SMILES string of the molecule is CC(C)C[C@@H](NC(=O)COc1ccc([N+](=O)[O-])cc1)C(=O)[O-]. The van der Waals surface area contributed by atoms with Crippen LogP contribution in [0.15, 0.2) is 24.3 Å². The van der Waals surface area contributed by atoms with Gasteiger partial charge in [-0.25, -0.2) is 0 Å². The Hall–Kier alpha value is -2.64. The second-order valence-corrected chi connectivity index (χ2v) is 5.11. The molecule has 0 bridgehead atoms. The Balaban J connectivity index is 2.51. The fourth-order valence-corrected chi connectivity index (χ4v) is 1.73. The average Bonchev–Trinajstić information content (AvgIpc) is 2.44. The van der Waals surface area contributed by atoms with Gasteiger partial charge in [-0.05, 0) is 24.5 Å². The quantitative estimate of drug-likeness (QED) is 0.543. The Bertz CT molecular complexity index is 541. The summed E-state index contributed by atoms with van der Waals surface area (Å²) in [5, 5.41) is 23.7. The predicted molar refractivity (Wildman–Crippen MR) is 75.0 cm³/mol. The third kappa shape index (κ3) is 5.78. The highest BCUT2D eigenvalue weighted by atomic mass is 16.6. The lowest BCUT2D eigenvalue weighted by atomic mass is 10.0. The van der Waals surface area contributed by atoms with E-state index in [1.807, 2.05) is 13.8 Å². The zero-order valence-corrected chi connectivity index (χ0v) is 12.3. The molecule has 1 rings (SSSR count). The molecule has 120 valence electrons. The van der Waals surface area contributed by atoms with E-state index < -0.39 is 22.8 Å². The topological polar surface area (TPSA) is 122 Å². The summed E-state index contributed by atoms with van der Waals surface area (Å²) in [4.78, 5) is 32.5. The van der Waals surface area contributed by atoms with Crippen LogP contribution in [0.4, 0.5) is 5.69 Å². The average molecular weight is 309 g/mol. The van der Waals surface area contributed by atoms with Crippen LogP contribution in [0, 0.1) is 16.0 Å². The van der Waals surface area contributed by atoms with Gasteiger partial charge >= 0.3 is 0 Å². The minimum Gasteiger partial charge on any atom is -0.548 e. The standard InChI is InChI=1S/C14H18N2O6/c1-9(2)7-12(14(18)19)15-13(17)8-22-11-5-3-10(4-6-11)16(20)21/h3-6,9,12H,7-8H2,1-2H3,(H,15,17)(H,18,19)/p-1/t12-/m1/s1. The summed E-state index contributed by atoms with van der Waals surface area (Å²) in [6.07, 6.45) is 0.256. The number of benzene rings is 1. The van der Waals surface area contributed by atoms with Gasteiger partial charge in [0.15, 0.2) is 6.61 Å². The number of carbonyl (C=O) groups excluding carboxylic acids is 2. The highest BCUT2D eigenvalue weighted by Gasteiger charge is 2.15. The second kappa shape index (κ2) is 7.96. The summed E-state index contributed by atoms with van der Waals surface area (Å²) in [5.41, 5.74) is -0.0919. The van der Waals surface area contributed by atoms with Crippen molar-refractivity contribution in [1.29, 1.82) is 0 Å². The molecule has 1 aromatic rings. The van der Waals surface area contributed by atoms with E-state index >= 15 is 0 Å². The van der Waals surface area contributed by atoms with Crippen LogP contribution < -0.4 is 15.2 Å². The van der Waals surface area contributed by atoms with E-state index in [4.69, 9.17) is 4.74 Å². The number of aliphatic carboxylic acids is 1. The van der Waals surface area contributed by atoms with Crippen LogP contribution >= 0.6 is 0 Å². The van der Waals surface area contributed by atoms with E-state index in [1.54, 1.807) is 0 Å². The van der Waals surface area contributed by atoms with Gasteiger partial charge in [-0.3, -0.25) is 14.9 Å². The monoisotopic (exact) mass is 309 g/mol. The van der Waals surface area contributed by atoms with Gasteiger partial charge in [-0.15, -0.1) is 0 Å². The van der Waals surface area contributed by atoms with E-state index in [0.717, 1.165) is 0 Å². The molecule has 8 nitrogen and oxygen atoms in total.